The highest BCUT2D eigenvalue weighted by Crippen LogP contribution is 2.14. The second-order valence-corrected chi connectivity index (χ2v) is 5.31. The molecule has 2 amide bonds. The van der Waals surface area contributed by atoms with Gasteiger partial charge in [-0.1, -0.05) is 30.3 Å². The summed E-state index contributed by atoms with van der Waals surface area (Å²) in [5.74, 6) is -0.975. The Bertz CT molecular complexity index is 707. The number of ether oxygens (including phenoxy) is 1. The molecule has 0 aliphatic carbocycles. The Kier molecular flexibility index (Phi) is 6.47. The summed E-state index contributed by atoms with van der Waals surface area (Å²) in [7, 11) is 1.47. The first kappa shape index (κ1) is 18.4. The number of alkyl carbamates (subject to hydrolysis) is 1. The topological polar surface area (TPSA) is 78.9 Å². The maximum Gasteiger partial charge on any atom is 0.408 e. The van der Waals surface area contributed by atoms with Gasteiger partial charge in [-0.15, -0.1) is 0 Å². The Morgan fingerprint density at radius 1 is 1.16 bits per heavy atom. The van der Waals surface area contributed by atoms with Gasteiger partial charge in [-0.05, 0) is 29.8 Å². The van der Waals surface area contributed by atoms with E-state index in [4.69, 9.17) is 4.74 Å². The molecule has 0 bridgehead atoms. The second-order valence-electron chi connectivity index (χ2n) is 5.31. The van der Waals surface area contributed by atoms with Gasteiger partial charge in [0.25, 0.3) is 5.91 Å². The first-order valence-electron chi connectivity index (χ1n) is 7.62. The molecule has 132 valence electrons. The molecule has 2 aromatic carbocycles. The summed E-state index contributed by atoms with van der Waals surface area (Å²) in [6, 6.07) is 13.2. The third kappa shape index (κ3) is 5.29. The zero-order chi connectivity index (χ0) is 18.2. The third-order valence-electron chi connectivity index (χ3n) is 3.53. The zero-order valence-corrected chi connectivity index (χ0v) is 13.7. The minimum atomic E-state index is -1.17. The highest BCUT2D eigenvalue weighted by atomic mass is 19.1. The van der Waals surface area contributed by atoms with Gasteiger partial charge in [-0.25, -0.2) is 9.18 Å². The molecule has 6 nitrogen and oxygen atoms in total. The van der Waals surface area contributed by atoms with E-state index in [1.165, 1.54) is 36.2 Å². The van der Waals surface area contributed by atoms with Gasteiger partial charge in [0.15, 0.2) is 0 Å². The number of likely N-dealkylation sites (N-methyl/N-ethyl adjacent to an activating group) is 1. The van der Waals surface area contributed by atoms with Crippen LogP contribution in [0.1, 0.15) is 5.56 Å². The Morgan fingerprint density at radius 3 is 2.40 bits per heavy atom. The average molecular weight is 346 g/mol. The van der Waals surface area contributed by atoms with Gasteiger partial charge in [0.2, 0.25) is 0 Å². The number of nitrogens with one attached hydrogen (secondary N) is 1. The molecule has 25 heavy (non-hydrogen) atoms. The van der Waals surface area contributed by atoms with Crippen LogP contribution >= 0.6 is 0 Å². The van der Waals surface area contributed by atoms with Crippen LogP contribution in [0.2, 0.25) is 0 Å². The first-order chi connectivity index (χ1) is 12.0. The van der Waals surface area contributed by atoms with Crippen molar-refractivity contribution in [2.24, 2.45) is 0 Å². The van der Waals surface area contributed by atoms with Crippen molar-refractivity contribution in [1.29, 1.82) is 0 Å². The van der Waals surface area contributed by atoms with Crippen molar-refractivity contribution in [1.82, 2.24) is 5.32 Å². The molecule has 0 spiro atoms. The lowest BCUT2D eigenvalue weighted by molar-refractivity contribution is -0.121. The number of aliphatic hydroxyl groups is 1. The van der Waals surface area contributed by atoms with E-state index < -0.39 is 30.5 Å². The van der Waals surface area contributed by atoms with Crippen LogP contribution < -0.4 is 10.2 Å². The molecule has 0 radical (unpaired) electrons. The Labute approximate surface area is 144 Å². The molecule has 2 rings (SSSR count). The van der Waals surface area contributed by atoms with Crippen LogP contribution in [0.4, 0.5) is 14.9 Å². The third-order valence-corrected chi connectivity index (χ3v) is 3.53. The van der Waals surface area contributed by atoms with Crippen LogP contribution in [-0.2, 0) is 16.1 Å². The van der Waals surface area contributed by atoms with Crippen molar-refractivity contribution < 1.29 is 23.8 Å². The van der Waals surface area contributed by atoms with Crippen molar-refractivity contribution >= 4 is 17.7 Å². The van der Waals surface area contributed by atoms with Gasteiger partial charge >= 0.3 is 6.09 Å². The van der Waals surface area contributed by atoms with Gasteiger partial charge in [-0.2, -0.15) is 0 Å². The molecular formula is C18H19FN2O4. The molecule has 0 aliphatic rings. The van der Waals surface area contributed by atoms with Gasteiger partial charge in [0.05, 0.1) is 6.61 Å². The average Bonchev–Trinajstić information content (AvgIpc) is 2.64. The lowest BCUT2D eigenvalue weighted by Gasteiger charge is -2.23. The van der Waals surface area contributed by atoms with Crippen molar-refractivity contribution in [3.63, 3.8) is 0 Å². The zero-order valence-electron chi connectivity index (χ0n) is 13.7. The van der Waals surface area contributed by atoms with Crippen LogP contribution in [0, 0.1) is 5.82 Å². The van der Waals surface area contributed by atoms with E-state index in [1.54, 1.807) is 12.1 Å². The fraction of sp³-hybridized carbons (Fsp3) is 0.222. The number of halogens is 1. The predicted octanol–water partition coefficient (Wildman–Crippen LogP) is 2.08. The number of nitrogens with zero attached hydrogens (tertiary/aromatic N) is 1. The maximum atomic E-state index is 13.0. The minimum absolute atomic E-state index is 0.0484. The Hall–Kier alpha value is -2.93. The largest absolute Gasteiger partial charge is 0.445 e. The lowest BCUT2D eigenvalue weighted by atomic mass is 10.2. The number of aliphatic hydroxyl groups excluding tert-OH is 1. The molecule has 0 fully saturated rings. The van der Waals surface area contributed by atoms with E-state index in [0.29, 0.717) is 5.69 Å². The molecule has 0 saturated heterocycles. The number of carbonyl (C=O) groups is 2. The number of hydrogen-bond donors (Lipinski definition) is 2. The van der Waals surface area contributed by atoms with Crippen LogP contribution in [-0.4, -0.2) is 36.8 Å². The van der Waals surface area contributed by atoms with Gasteiger partial charge in [-0.3, -0.25) is 4.79 Å². The van der Waals surface area contributed by atoms with Crippen molar-refractivity contribution in [2.75, 3.05) is 18.6 Å². The van der Waals surface area contributed by atoms with E-state index in [0.717, 1.165) is 5.56 Å². The van der Waals surface area contributed by atoms with Crippen LogP contribution in [0.25, 0.3) is 0 Å². The van der Waals surface area contributed by atoms with E-state index >= 15 is 0 Å². The second kappa shape index (κ2) is 8.79. The summed E-state index contributed by atoms with van der Waals surface area (Å²) in [6.07, 6.45) is -0.816. The van der Waals surface area contributed by atoms with Crippen LogP contribution in [0.5, 0.6) is 0 Å². The Balaban J connectivity index is 1.92. The summed E-state index contributed by atoms with van der Waals surface area (Å²) in [6.45, 7) is -0.544. The highest BCUT2D eigenvalue weighted by Gasteiger charge is 2.24. The quantitative estimate of drug-likeness (QED) is 0.839. The first-order valence-corrected chi connectivity index (χ1v) is 7.62. The van der Waals surface area contributed by atoms with Crippen molar-refractivity contribution in [2.45, 2.75) is 12.6 Å². The highest BCUT2D eigenvalue weighted by molar-refractivity contribution is 5.98. The molecule has 1 atom stereocenters. The maximum absolute atomic E-state index is 13.0. The monoisotopic (exact) mass is 346 g/mol. The molecule has 0 aliphatic heterocycles. The standard InChI is InChI=1S/C18H19FN2O4/c1-21(15-9-7-14(19)8-10-15)17(23)16(11-22)20-18(24)25-12-13-5-3-2-4-6-13/h2-10,16,22H,11-12H2,1H3,(H,20,24)/t16-/m0/s1. The molecule has 7 heteroatoms. The summed E-state index contributed by atoms with van der Waals surface area (Å²) in [5, 5.41) is 11.7. The summed E-state index contributed by atoms with van der Waals surface area (Å²) in [5.41, 5.74) is 1.23. The predicted molar refractivity (Wildman–Crippen MR) is 90.4 cm³/mol. The molecule has 0 unspecified atom stereocenters. The Morgan fingerprint density at radius 2 is 1.80 bits per heavy atom. The van der Waals surface area contributed by atoms with Gasteiger partial charge in [0.1, 0.15) is 18.5 Å². The number of amides is 2. The lowest BCUT2D eigenvalue weighted by Crippen LogP contribution is -2.49. The fourth-order valence-electron chi connectivity index (χ4n) is 2.12. The number of rotatable bonds is 6. The molecular weight excluding hydrogens is 327 g/mol. The van der Waals surface area contributed by atoms with Crippen LogP contribution in [0.15, 0.2) is 54.6 Å². The van der Waals surface area contributed by atoms with Crippen LogP contribution in [0.3, 0.4) is 0 Å². The number of carbonyl (C=O) groups excluding carboxylic acids is 2. The van der Waals surface area contributed by atoms with E-state index in [2.05, 4.69) is 5.32 Å². The van der Waals surface area contributed by atoms with E-state index in [1.807, 2.05) is 18.2 Å². The smallest absolute Gasteiger partial charge is 0.408 e. The summed E-state index contributed by atoms with van der Waals surface area (Å²) in [4.78, 5) is 25.4. The molecule has 2 N–H and O–H groups in total. The number of hydrogen-bond acceptors (Lipinski definition) is 4. The summed E-state index contributed by atoms with van der Waals surface area (Å²) < 4.78 is 18.0. The molecule has 2 aromatic rings. The molecule has 0 aromatic heterocycles. The van der Waals surface area contributed by atoms with Crippen molar-refractivity contribution in [3.05, 3.63) is 66.0 Å². The minimum Gasteiger partial charge on any atom is -0.445 e. The summed E-state index contributed by atoms with van der Waals surface area (Å²) >= 11 is 0. The van der Waals surface area contributed by atoms with Gasteiger partial charge in [0, 0.05) is 12.7 Å². The van der Waals surface area contributed by atoms with Gasteiger partial charge < -0.3 is 20.1 Å². The number of benzene rings is 2. The van der Waals surface area contributed by atoms with E-state index in [-0.39, 0.29) is 6.61 Å². The molecule has 0 heterocycles. The van der Waals surface area contributed by atoms with E-state index in [9.17, 15) is 19.1 Å². The normalized spacial score (nSPS) is 11.5. The number of anilines is 1. The molecule has 0 saturated carbocycles. The SMILES string of the molecule is CN(C(=O)[C@H](CO)NC(=O)OCc1ccccc1)c1ccc(F)cc1. The van der Waals surface area contributed by atoms with Crippen molar-refractivity contribution in [3.8, 4) is 0 Å². The fourth-order valence-corrected chi connectivity index (χ4v) is 2.12.